The molecule has 1 saturated carbocycles. The van der Waals surface area contributed by atoms with Crippen molar-refractivity contribution in [3.8, 4) is 5.75 Å². The molecule has 0 amide bonds. The van der Waals surface area contributed by atoms with Crippen LogP contribution in [0, 0.1) is 12.8 Å². The van der Waals surface area contributed by atoms with Crippen LogP contribution in [-0.2, 0) is 6.42 Å². The van der Waals surface area contributed by atoms with Gasteiger partial charge in [-0.3, -0.25) is 0 Å². The maximum atomic E-state index is 6.40. The van der Waals surface area contributed by atoms with E-state index in [4.69, 9.17) is 10.5 Å². The summed E-state index contributed by atoms with van der Waals surface area (Å²) in [4.78, 5) is 0. The van der Waals surface area contributed by atoms with E-state index in [1.807, 2.05) is 0 Å². The van der Waals surface area contributed by atoms with Crippen LogP contribution >= 0.6 is 0 Å². The fourth-order valence-corrected chi connectivity index (χ4v) is 3.05. The smallest absolute Gasteiger partial charge is 0.122 e. The molecule has 0 radical (unpaired) electrons. The molecule has 2 N–H and O–H groups in total. The number of aryl methyl sites for hydroxylation is 1. The number of benzene rings is 1. The second kappa shape index (κ2) is 6.24. The lowest BCUT2D eigenvalue weighted by molar-refractivity contribution is 0.301. The highest BCUT2D eigenvalue weighted by Gasteiger charge is 2.21. The number of nitrogens with two attached hydrogens (primary N) is 1. The molecule has 0 bridgehead atoms. The lowest BCUT2D eigenvalue weighted by Gasteiger charge is -2.28. The Morgan fingerprint density at radius 1 is 1.28 bits per heavy atom. The number of methoxy groups -OCH3 is 1. The third kappa shape index (κ3) is 3.26. The first kappa shape index (κ1) is 13.4. The summed E-state index contributed by atoms with van der Waals surface area (Å²) in [5, 5.41) is 0. The van der Waals surface area contributed by atoms with E-state index in [2.05, 4.69) is 25.1 Å². The predicted octanol–water partition coefficient (Wildman–Crippen LogP) is 3.45. The van der Waals surface area contributed by atoms with Crippen LogP contribution in [0.4, 0.5) is 0 Å². The summed E-state index contributed by atoms with van der Waals surface area (Å²) in [7, 11) is 1.74. The molecule has 1 fully saturated rings. The SMILES string of the molecule is COc1ccc(C)cc1CC(N)C1CCCCC1. The fraction of sp³-hybridized carbons (Fsp3) is 0.625. The van der Waals surface area contributed by atoms with Gasteiger partial charge < -0.3 is 10.5 Å². The Bertz CT molecular complexity index is 383. The summed E-state index contributed by atoms with van der Waals surface area (Å²) in [6.07, 6.45) is 7.63. The summed E-state index contributed by atoms with van der Waals surface area (Å²) >= 11 is 0. The zero-order valence-electron chi connectivity index (χ0n) is 11.6. The van der Waals surface area contributed by atoms with Crippen LogP contribution in [0.25, 0.3) is 0 Å². The maximum Gasteiger partial charge on any atom is 0.122 e. The van der Waals surface area contributed by atoms with Gasteiger partial charge in [0.25, 0.3) is 0 Å². The molecule has 1 unspecified atom stereocenters. The Hall–Kier alpha value is -1.02. The molecule has 1 atom stereocenters. The van der Waals surface area contributed by atoms with Crippen LogP contribution in [0.15, 0.2) is 18.2 Å². The summed E-state index contributed by atoms with van der Waals surface area (Å²) < 4.78 is 5.43. The van der Waals surface area contributed by atoms with E-state index in [9.17, 15) is 0 Å². The van der Waals surface area contributed by atoms with Crippen molar-refractivity contribution in [3.63, 3.8) is 0 Å². The van der Waals surface area contributed by atoms with Crippen molar-refractivity contribution in [1.82, 2.24) is 0 Å². The highest BCUT2D eigenvalue weighted by molar-refractivity contribution is 5.37. The standard InChI is InChI=1S/C16H25NO/c1-12-8-9-16(18-2)14(10-12)11-15(17)13-6-4-3-5-7-13/h8-10,13,15H,3-7,11,17H2,1-2H3. The second-order valence-corrected chi connectivity index (χ2v) is 5.58. The van der Waals surface area contributed by atoms with Crippen molar-refractivity contribution in [2.45, 2.75) is 51.5 Å². The first-order chi connectivity index (χ1) is 8.70. The minimum Gasteiger partial charge on any atom is -0.496 e. The minimum absolute atomic E-state index is 0.279. The molecule has 1 aliphatic carbocycles. The third-order valence-corrected chi connectivity index (χ3v) is 4.15. The van der Waals surface area contributed by atoms with Gasteiger partial charge in [-0.1, -0.05) is 37.0 Å². The van der Waals surface area contributed by atoms with Crippen molar-refractivity contribution < 1.29 is 4.74 Å². The lowest BCUT2D eigenvalue weighted by atomic mass is 9.82. The van der Waals surface area contributed by atoms with Crippen LogP contribution in [-0.4, -0.2) is 13.2 Å². The molecular weight excluding hydrogens is 222 g/mol. The van der Waals surface area contributed by atoms with E-state index in [0.29, 0.717) is 5.92 Å². The molecule has 0 aromatic heterocycles. The Balaban J connectivity index is 2.05. The Morgan fingerprint density at radius 2 is 2.00 bits per heavy atom. The molecule has 1 aromatic carbocycles. The van der Waals surface area contributed by atoms with E-state index < -0.39 is 0 Å². The van der Waals surface area contributed by atoms with Gasteiger partial charge in [0.1, 0.15) is 5.75 Å². The van der Waals surface area contributed by atoms with Crippen molar-refractivity contribution in [3.05, 3.63) is 29.3 Å². The fourth-order valence-electron chi connectivity index (χ4n) is 3.05. The van der Waals surface area contributed by atoms with Crippen molar-refractivity contribution in [1.29, 1.82) is 0 Å². The van der Waals surface area contributed by atoms with Crippen LogP contribution in [0.2, 0.25) is 0 Å². The zero-order chi connectivity index (χ0) is 13.0. The Labute approximate surface area is 111 Å². The quantitative estimate of drug-likeness (QED) is 0.884. The second-order valence-electron chi connectivity index (χ2n) is 5.58. The van der Waals surface area contributed by atoms with Gasteiger partial charge in [0.05, 0.1) is 7.11 Å². The monoisotopic (exact) mass is 247 g/mol. The Morgan fingerprint density at radius 3 is 2.67 bits per heavy atom. The molecule has 0 saturated heterocycles. The highest BCUT2D eigenvalue weighted by atomic mass is 16.5. The van der Waals surface area contributed by atoms with Gasteiger partial charge in [0, 0.05) is 6.04 Å². The first-order valence-electron chi connectivity index (χ1n) is 7.10. The van der Waals surface area contributed by atoms with Crippen LogP contribution in [0.5, 0.6) is 5.75 Å². The molecule has 0 heterocycles. The van der Waals surface area contributed by atoms with E-state index in [0.717, 1.165) is 12.2 Å². The molecule has 2 rings (SSSR count). The number of hydrogen-bond donors (Lipinski definition) is 1. The molecule has 0 spiro atoms. The van der Waals surface area contributed by atoms with Gasteiger partial charge in [0.2, 0.25) is 0 Å². The van der Waals surface area contributed by atoms with Gasteiger partial charge >= 0.3 is 0 Å². The van der Waals surface area contributed by atoms with Gasteiger partial charge in [0.15, 0.2) is 0 Å². The molecule has 100 valence electrons. The number of ether oxygens (including phenoxy) is 1. The first-order valence-corrected chi connectivity index (χ1v) is 7.10. The minimum atomic E-state index is 0.279. The zero-order valence-corrected chi connectivity index (χ0v) is 11.6. The van der Waals surface area contributed by atoms with E-state index >= 15 is 0 Å². The van der Waals surface area contributed by atoms with Gasteiger partial charge in [-0.25, -0.2) is 0 Å². The largest absolute Gasteiger partial charge is 0.496 e. The highest BCUT2D eigenvalue weighted by Crippen LogP contribution is 2.29. The molecule has 0 aliphatic heterocycles. The van der Waals surface area contributed by atoms with Gasteiger partial charge in [-0.05, 0) is 43.7 Å². The molecule has 2 heteroatoms. The third-order valence-electron chi connectivity index (χ3n) is 4.15. The van der Waals surface area contributed by atoms with Crippen LogP contribution < -0.4 is 10.5 Å². The summed E-state index contributed by atoms with van der Waals surface area (Å²) in [6.45, 7) is 2.12. The number of rotatable bonds is 4. The van der Waals surface area contributed by atoms with Gasteiger partial charge in [-0.2, -0.15) is 0 Å². The van der Waals surface area contributed by atoms with Crippen molar-refractivity contribution in [2.75, 3.05) is 7.11 Å². The number of hydrogen-bond acceptors (Lipinski definition) is 2. The molecule has 2 nitrogen and oxygen atoms in total. The van der Waals surface area contributed by atoms with Crippen molar-refractivity contribution in [2.24, 2.45) is 11.7 Å². The normalized spacial score (nSPS) is 18.6. The summed E-state index contributed by atoms with van der Waals surface area (Å²) in [5.74, 6) is 1.68. The van der Waals surface area contributed by atoms with E-state index in [-0.39, 0.29) is 6.04 Å². The predicted molar refractivity (Wildman–Crippen MR) is 76.0 cm³/mol. The maximum absolute atomic E-state index is 6.40. The van der Waals surface area contributed by atoms with Crippen molar-refractivity contribution >= 4 is 0 Å². The molecule has 1 aromatic rings. The summed E-state index contributed by atoms with van der Waals surface area (Å²) in [5.41, 5.74) is 8.94. The topological polar surface area (TPSA) is 35.2 Å². The molecule has 1 aliphatic rings. The lowest BCUT2D eigenvalue weighted by Crippen LogP contribution is -2.33. The van der Waals surface area contributed by atoms with Crippen LogP contribution in [0.3, 0.4) is 0 Å². The molecule has 18 heavy (non-hydrogen) atoms. The van der Waals surface area contributed by atoms with Gasteiger partial charge in [-0.15, -0.1) is 0 Å². The van der Waals surface area contributed by atoms with Crippen LogP contribution in [0.1, 0.15) is 43.2 Å². The molecular formula is C16H25NO. The Kier molecular flexibility index (Phi) is 4.65. The van der Waals surface area contributed by atoms with E-state index in [1.54, 1.807) is 7.11 Å². The summed E-state index contributed by atoms with van der Waals surface area (Å²) in [6, 6.07) is 6.63. The average Bonchev–Trinajstić information content (AvgIpc) is 2.40. The van der Waals surface area contributed by atoms with E-state index in [1.165, 1.54) is 43.2 Å². The average molecular weight is 247 g/mol.